The zero-order valence-electron chi connectivity index (χ0n) is 35.3. The SMILES string of the molecule is C.C.CC(=O)[C@H]1CC23C=CC1(C)[C@@H]1Oc4c(O)ccc5c4[C@@]12CCN(CC1CC1)C3C5.CC(=O)[C@H]1CC23CCC1(C)[C@@H]1Oc4c(O)ccc5c4[C@@]12CCN(CC1CC1)C3C5.O. The number of piperidine rings is 2. The average Bonchev–Trinajstić information content (AvgIpc) is 4.13. The number of carbonyl (C=O) groups is 2. The third-order valence-corrected chi connectivity index (χ3v) is 20.0. The molecule has 2 aromatic carbocycles. The van der Waals surface area contributed by atoms with Gasteiger partial charge >= 0.3 is 0 Å². The molecule has 8 bridgehead atoms. The first-order valence-corrected chi connectivity index (χ1v) is 23.0. The van der Waals surface area contributed by atoms with Gasteiger partial charge in [0.05, 0.1) is 0 Å². The number of carbonyl (C=O) groups excluding carboxylic acids is 2. The van der Waals surface area contributed by atoms with Gasteiger partial charge in [0.1, 0.15) is 23.8 Å². The van der Waals surface area contributed by atoms with E-state index in [2.05, 4.69) is 47.9 Å². The van der Waals surface area contributed by atoms with Gasteiger partial charge in [-0.3, -0.25) is 19.4 Å². The Hall–Kier alpha value is -3.40. The van der Waals surface area contributed by atoms with Crippen LogP contribution in [0, 0.1) is 45.3 Å². The van der Waals surface area contributed by atoms with Crippen molar-refractivity contribution in [2.24, 2.45) is 45.3 Å². The van der Waals surface area contributed by atoms with E-state index in [9.17, 15) is 19.8 Å². The highest BCUT2D eigenvalue weighted by atomic mass is 16.5. The van der Waals surface area contributed by atoms with Gasteiger partial charge in [-0.15, -0.1) is 0 Å². The van der Waals surface area contributed by atoms with Crippen molar-refractivity contribution in [3.8, 4) is 23.0 Å². The van der Waals surface area contributed by atoms with Crippen molar-refractivity contribution in [2.45, 2.75) is 155 Å². The largest absolute Gasteiger partial charge is 0.504 e. The number of rotatable bonds is 6. The molecule has 61 heavy (non-hydrogen) atoms. The van der Waals surface area contributed by atoms with E-state index in [0.717, 1.165) is 75.6 Å². The molecule has 9 nitrogen and oxygen atoms in total. The number of ketones is 2. The lowest BCUT2D eigenvalue weighted by atomic mass is 9.32. The van der Waals surface area contributed by atoms with Crippen molar-refractivity contribution in [1.29, 1.82) is 0 Å². The minimum Gasteiger partial charge on any atom is -0.504 e. The molecule has 0 amide bonds. The van der Waals surface area contributed by atoms with Crippen molar-refractivity contribution in [3.05, 3.63) is 58.7 Å². The maximum absolute atomic E-state index is 12.9. The summed E-state index contributed by atoms with van der Waals surface area (Å²) >= 11 is 0. The number of ether oxygens (including phenoxy) is 2. The van der Waals surface area contributed by atoms with Crippen LogP contribution in [0.2, 0.25) is 0 Å². The average molecular weight is 835 g/mol. The second-order valence-electron chi connectivity index (χ2n) is 22.3. The third-order valence-electron chi connectivity index (χ3n) is 20.0. The van der Waals surface area contributed by atoms with Crippen molar-refractivity contribution < 1.29 is 34.8 Å². The van der Waals surface area contributed by atoms with Crippen LogP contribution < -0.4 is 9.47 Å². The summed E-state index contributed by atoms with van der Waals surface area (Å²) in [6.45, 7) is 12.8. The molecule has 10 aliphatic carbocycles. The van der Waals surface area contributed by atoms with Crippen molar-refractivity contribution in [3.63, 3.8) is 0 Å². The highest BCUT2D eigenvalue weighted by Gasteiger charge is 2.80. The topological polar surface area (TPSA) is 131 Å². The van der Waals surface area contributed by atoms with E-state index in [-0.39, 0.29) is 88.4 Å². The number of Topliss-reactive ketones (excluding diaryl/α,β-unsaturated/α-hetero) is 2. The Bertz CT molecular complexity index is 2250. The number of phenols is 2. The molecule has 4 N–H and O–H groups in total. The maximum atomic E-state index is 12.9. The summed E-state index contributed by atoms with van der Waals surface area (Å²) in [5.74, 6) is 4.46. The molecule has 330 valence electrons. The van der Waals surface area contributed by atoms with Crippen molar-refractivity contribution in [1.82, 2.24) is 9.80 Å². The zero-order valence-corrected chi connectivity index (χ0v) is 35.3. The first-order valence-electron chi connectivity index (χ1n) is 23.0. The standard InChI is InChI=1S/C25H31NO3.C25H29NO3.2CH4.H2O/c2*1-14(27)17-12-24-8-7-23(17,2)22-25(24)9-10-26(13-15-3-4-15)19(24)11-16-5-6-18(28)21(29-22)20(16)25;;;/h5-6,15,17,19,22,28H,3-4,7-13H2,1-2H3;5-8,15,17,19,22,28H,3-4,9-13H2,1-2H3;2*1H4;1H2/t2*17-,19?,22+,23?,24?,25+;;;/m11.../s1. The molecule has 4 aliphatic heterocycles. The fourth-order valence-corrected chi connectivity index (χ4v) is 17.3. The normalized spacial score (nSPS) is 43.8. The van der Waals surface area contributed by atoms with Gasteiger partial charge in [0, 0.05) is 80.6 Å². The minimum atomic E-state index is -0.309. The third kappa shape index (κ3) is 4.64. The van der Waals surface area contributed by atoms with E-state index in [1.165, 1.54) is 67.4 Å². The lowest BCUT2D eigenvalue weighted by molar-refractivity contribution is -0.231. The molecular formula is C52H70N2O7. The molecule has 12 atom stereocenters. The lowest BCUT2D eigenvalue weighted by Gasteiger charge is -2.73. The highest BCUT2D eigenvalue weighted by molar-refractivity contribution is 5.82. The van der Waals surface area contributed by atoms with Crippen molar-refractivity contribution >= 4 is 11.6 Å². The van der Waals surface area contributed by atoms with Gasteiger partial charge in [0.15, 0.2) is 23.0 Å². The first kappa shape index (κ1) is 41.6. The van der Waals surface area contributed by atoms with Crippen LogP contribution in [-0.4, -0.2) is 87.5 Å². The minimum absolute atomic E-state index is 0. The van der Waals surface area contributed by atoms with Gasteiger partial charge < -0.3 is 25.2 Å². The first-order chi connectivity index (χ1) is 27.8. The van der Waals surface area contributed by atoms with Crippen LogP contribution in [0.4, 0.5) is 0 Å². The van der Waals surface area contributed by atoms with Crippen molar-refractivity contribution in [2.75, 3.05) is 26.2 Å². The lowest BCUT2D eigenvalue weighted by Crippen LogP contribution is -2.78. The molecule has 4 spiro atoms. The smallest absolute Gasteiger partial charge is 0.165 e. The van der Waals surface area contributed by atoms with Crippen LogP contribution in [0.25, 0.3) is 0 Å². The number of phenolic OH excluding ortho intramolecular Hbond substituents is 2. The molecule has 14 aliphatic rings. The van der Waals surface area contributed by atoms with E-state index in [4.69, 9.17) is 9.47 Å². The van der Waals surface area contributed by atoms with Gasteiger partial charge in [-0.2, -0.15) is 0 Å². The molecule has 4 heterocycles. The molecular weight excluding hydrogens is 765 g/mol. The monoisotopic (exact) mass is 835 g/mol. The zero-order chi connectivity index (χ0) is 39.5. The predicted octanol–water partition coefficient (Wildman–Crippen LogP) is 7.88. The van der Waals surface area contributed by atoms with Crippen LogP contribution in [0.3, 0.4) is 0 Å². The summed E-state index contributed by atoms with van der Waals surface area (Å²) in [6, 6.07) is 8.90. The van der Waals surface area contributed by atoms with E-state index in [1.807, 2.05) is 12.1 Å². The van der Waals surface area contributed by atoms with Crippen LogP contribution in [-0.2, 0) is 33.3 Å². The molecule has 6 saturated carbocycles. The van der Waals surface area contributed by atoms with E-state index < -0.39 is 0 Å². The molecule has 6 unspecified atom stereocenters. The van der Waals surface area contributed by atoms with Gasteiger partial charge in [-0.25, -0.2) is 0 Å². The summed E-state index contributed by atoms with van der Waals surface area (Å²) in [5, 5.41) is 21.4. The Morgan fingerprint density at radius 1 is 0.689 bits per heavy atom. The van der Waals surface area contributed by atoms with Crippen LogP contribution >= 0.6 is 0 Å². The van der Waals surface area contributed by atoms with Gasteiger partial charge in [0.25, 0.3) is 0 Å². The van der Waals surface area contributed by atoms with E-state index in [0.29, 0.717) is 29.4 Å². The Morgan fingerprint density at radius 3 is 1.82 bits per heavy atom. The Kier molecular flexibility index (Phi) is 8.78. The second kappa shape index (κ2) is 12.9. The maximum Gasteiger partial charge on any atom is 0.165 e. The fourth-order valence-electron chi connectivity index (χ4n) is 17.3. The van der Waals surface area contributed by atoms with E-state index in [1.54, 1.807) is 13.8 Å². The number of hydrogen-bond donors (Lipinski definition) is 2. The highest BCUT2D eigenvalue weighted by Crippen LogP contribution is 2.79. The molecule has 8 fully saturated rings. The summed E-state index contributed by atoms with van der Waals surface area (Å²) in [7, 11) is 0. The molecule has 2 saturated heterocycles. The molecule has 16 rings (SSSR count). The fraction of sp³-hybridized carbons (Fsp3) is 0.692. The summed E-state index contributed by atoms with van der Waals surface area (Å²) in [4.78, 5) is 31.3. The van der Waals surface area contributed by atoms with Crippen LogP contribution in [0.5, 0.6) is 23.0 Å². The van der Waals surface area contributed by atoms with Gasteiger partial charge in [-0.1, -0.05) is 53.0 Å². The molecule has 0 aromatic heterocycles. The quantitative estimate of drug-likeness (QED) is 0.281. The molecule has 9 heteroatoms. The Balaban J connectivity index is 0.000000139. The molecule has 2 aromatic rings. The summed E-state index contributed by atoms with van der Waals surface area (Å²) in [6.07, 6.45) is 18.7. The second-order valence-corrected chi connectivity index (χ2v) is 22.3. The number of hydrogen-bond acceptors (Lipinski definition) is 8. The number of benzene rings is 2. The predicted molar refractivity (Wildman–Crippen MR) is 235 cm³/mol. The van der Waals surface area contributed by atoms with Gasteiger partial charge in [0.2, 0.25) is 0 Å². The van der Waals surface area contributed by atoms with Gasteiger partial charge in [-0.05, 0) is 139 Å². The number of nitrogens with zero attached hydrogens (tertiary/aromatic N) is 2. The number of aromatic hydroxyl groups is 2. The Morgan fingerprint density at radius 2 is 1.23 bits per heavy atom. The van der Waals surface area contributed by atoms with Crippen LogP contribution in [0.1, 0.15) is 129 Å². The number of fused-ring (bicyclic) bond motifs is 3. The summed E-state index contributed by atoms with van der Waals surface area (Å²) < 4.78 is 13.4. The van der Waals surface area contributed by atoms with E-state index >= 15 is 0 Å². The number of likely N-dealkylation sites (tertiary alicyclic amines) is 2. The molecule has 0 radical (unpaired) electrons. The summed E-state index contributed by atoms with van der Waals surface area (Å²) in [5.41, 5.74) is 4.86. The Labute approximate surface area is 362 Å². The van der Waals surface area contributed by atoms with Crippen LogP contribution in [0.15, 0.2) is 36.4 Å².